The van der Waals surface area contributed by atoms with Crippen LogP contribution in [0.4, 0.5) is 0 Å². The third kappa shape index (κ3) is 4.05. The molecule has 84 valence electrons. The fourth-order valence-corrected chi connectivity index (χ4v) is 1.58. The van der Waals surface area contributed by atoms with Crippen molar-refractivity contribution in [3.8, 4) is 0 Å². The zero-order valence-corrected chi connectivity index (χ0v) is 10.4. The van der Waals surface area contributed by atoms with Crippen molar-refractivity contribution in [3.63, 3.8) is 0 Å². The summed E-state index contributed by atoms with van der Waals surface area (Å²) in [6.45, 7) is 10.0. The number of rotatable bonds is 5. The molecule has 2 unspecified atom stereocenters. The van der Waals surface area contributed by atoms with Crippen LogP contribution in [0.5, 0.6) is 0 Å². The highest BCUT2D eigenvalue weighted by Crippen LogP contribution is 2.14. The second-order valence-electron chi connectivity index (χ2n) is 4.56. The van der Waals surface area contributed by atoms with Gasteiger partial charge in [-0.3, -0.25) is 0 Å². The van der Waals surface area contributed by atoms with Gasteiger partial charge in [0.1, 0.15) is 0 Å². The molecule has 1 aromatic rings. The Balaban J connectivity index is 2.50. The van der Waals surface area contributed by atoms with Crippen LogP contribution in [0, 0.1) is 12.8 Å². The van der Waals surface area contributed by atoms with Crippen molar-refractivity contribution in [2.75, 3.05) is 6.54 Å². The number of aryl methyl sites for hydroxylation is 1. The standard InChI is InChI=1S/C14H23N/c1-5-11(2)10-15-13(4)14-8-6-7-12(3)9-14/h6-9,11,13,15H,5,10H2,1-4H3. The largest absolute Gasteiger partial charge is 0.310 e. The molecule has 0 fully saturated rings. The Hall–Kier alpha value is -0.820. The molecule has 0 aliphatic heterocycles. The van der Waals surface area contributed by atoms with E-state index in [2.05, 4.69) is 57.3 Å². The van der Waals surface area contributed by atoms with Crippen LogP contribution in [0.15, 0.2) is 24.3 Å². The molecule has 0 aliphatic rings. The number of hydrogen-bond acceptors (Lipinski definition) is 1. The van der Waals surface area contributed by atoms with Crippen molar-refractivity contribution >= 4 is 0 Å². The highest BCUT2D eigenvalue weighted by molar-refractivity contribution is 5.24. The molecule has 0 aliphatic carbocycles. The van der Waals surface area contributed by atoms with Gasteiger partial charge in [0.25, 0.3) is 0 Å². The summed E-state index contributed by atoms with van der Waals surface area (Å²) in [4.78, 5) is 0. The Morgan fingerprint density at radius 1 is 1.27 bits per heavy atom. The molecule has 1 nitrogen and oxygen atoms in total. The summed E-state index contributed by atoms with van der Waals surface area (Å²) in [5, 5.41) is 3.58. The summed E-state index contributed by atoms with van der Waals surface area (Å²) in [6, 6.07) is 9.19. The molecule has 15 heavy (non-hydrogen) atoms. The van der Waals surface area contributed by atoms with Gasteiger partial charge in [0, 0.05) is 6.04 Å². The monoisotopic (exact) mass is 205 g/mol. The minimum absolute atomic E-state index is 0.457. The molecular formula is C14H23N. The molecule has 0 bridgehead atoms. The van der Waals surface area contributed by atoms with E-state index in [-0.39, 0.29) is 0 Å². The summed E-state index contributed by atoms with van der Waals surface area (Å²) in [5.74, 6) is 0.761. The summed E-state index contributed by atoms with van der Waals surface area (Å²) in [6.07, 6.45) is 1.24. The average molecular weight is 205 g/mol. The number of nitrogens with one attached hydrogen (secondary N) is 1. The number of hydrogen-bond donors (Lipinski definition) is 1. The second kappa shape index (κ2) is 5.92. The molecule has 0 aromatic heterocycles. The SMILES string of the molecule is CCC(C)CNC(C)c1cccc(C)c1. The first kappa shape index (κ1) is 12.3. The molecule has 0 saturated heterocycles. The Labute approximate surface area is 93.9 Å². The highest BCUT2D eigenvalue weighted by Gasteiger charge is 2.06. The van der Waals surface area contributed by atoms with E-state index in [1.165, 1.54) is 17.5 Å². The smallest absolute Gasteiger partial charge is 0.0291 e. The van der Waals surface area contributed by atoms with Crippen LogP contribution in [-0.4, -0.2) is 6.54 Å². The van der Waals surface area contributed by atoms with Gasteiger partial charge in [-0.05, 0) is 31.9 Å². The highest BCUT2D eigenvalue weighted by atomic mass is 14.9. The fourth-order valence-electron chi connectivity index (χ4n) is 1.58. The molecule has 1 rings (SSSR count). The predicted octanol–water partition coefficient (Wildman–Crippen LogP) is 3.69. The van der Waals surface area contributed by atoms with Gasteiger partial charge >= 0.3 is 0 Å². The van der Waals surface area contributed by atoms with Crippen LogP contribution in [0.25, 0.3) is 0 Å². The molecule has 1 N–H and O–H groups in total. The van der Waals surface area contributed by atoms with Gasteiger partial charge in [-0.15, -0.1) is 0 Å². The van der Waals surface area contributed by atoms with Gasteiger partial charge in [0.2, 0.25) is 0 Å². The maximum Gasteiger partial charge on any atom is 0.0291 e. The lowest BCUT2D eigenvalue weighted by molar-refractivity contribution is 0.461. The van der Waals surface area contributed by atoms with E-state index in [0.717, 1.165) is 12.5 Å². The van der Waals surface area contributed by atoms with Crippen molar-refractivity contribution in [2.24, 2.45) is 5.92 Å². The van der Waals surface area contributed by atoms with Gasteiger partial charge in [-0.1, -0.05) is 50.1 Å². The molecule has 0 spiro atoms. The molecule has 1 aromatic carbocycles. The van der Waals surface area contributed by atoms with Gasteiger partial charge in [-0.25, -0.2) is 0 Å². The van der Waals surface area contributed by atoms with E-state index in [0.29, 0.717) is 6.04 Å². The van der Waals surface area contributed by atoms with Crippen molar-refractivity contribution in [1.82, 2.24) is 5.32 Å². The zero-order chi connectivity index (χ0) is 11.3. The van der Waals surface area contributed by atoms with Crippen LogP contribution < -0.4 is 5.32 Å². The molecule has 0 heterocycles. The normalized spacial score (nSPS) is 14.9. The zero-order valence-electron chi connectivity index (χ0n) is 10.4. The van der Waals surface area contributed by atoms with Crippen molar-refractivity contribution in [1.29, 1.82) is 0 Å². The minimum atomic E-state index is 0.457. The van der Waals surface area contributed by atoms with Crippen molar-refractivity contribution in [3.05, 3.63) is 35.4 Å². The summed E-state index contributed by atoms with van der Waals surface area (Å²) in [5.41, 5.74) is 2.72. The molecule has 0 amide bonds. The van der Waals surface area contributed by atoms with E-state index >= 15 is 0 Å². The topological polar surface area (TPSA) is 12.0 Å². The summed E-state index contributed by atoms with van der Waals surface area (Å²) in [7, 11) is 0. The lowest BCUT2D eigenvalue weighted by Gasteiger charge is -2.17. The van der Waals surface area contributed by atoms with Crippen LogP contribution in [0.1, 0.15) is 44.4 Å². The Morgan fingerprint density at radius 3 is 2.60 bits per heavy atom. The van der Waals surface area contributed by atoms with E-state index in [4.69, 9.17) is 0 Å². The maximum atomic E-state index is 3.58. The first-order chi connectivity index (χ1) is 7.13. The lowest BCUT2D eigenvalue weighted by atomic mass is 10.0. The van der Waals surface area contributed by atoms with Gasteiger partial charge < -0.3 is 5.32 Å². The van der Waals surface area contributed by atoms with Crippen molar-refractivity contribution < 1.29 is 0 Å². The number of benzene rings is 1. The lowest BCUT2D eigenvalue weighted by Crippen LogP contribution is -2.24. The summed E-state index contributed by atoms with van der Waals surface area (Å²) < 4.78 is 0. The van der Waals surface area contributed by atoms with Crippen LogP contribution in [-0.2, 0) is 0 Å². The van der Waals surface area contributed by atoms with E-state index in [1.807, 2.05) is 0 Å². The third-order valence-corrected chi connectivity index (χ3v) is 3.01. The third-order valence-electron chi connectivity index (χ3n) is 3.01. The Kier molecular flexibility index (Phi) is 4.83. The fraction of sp³-hybridized carbons (Fsp3) is 0.571. The van der Waals surface area contributed by atoms with E-state index in [1.54, 1.807) is 0 Å². The summed E-state index contributed by atoms with van der Waals surface area (Å²) >= 11 is 0. The van der Waals surface area contributed by atoms with Gasteiger partial charge in [-0.2, -0.15) is 0 Å². The van der Waals surface area contributed by atoms with Gasteiger partial charge in [0.05, 0.1) is 0 Å². The van der Waals surface area contributed by atoms with E-state index in [9.17, 15) is 0 Å². The van der Waals surface area contributed by atoms with Crippen LogP contribution in [0.3, 0.4) is 0 Å². The second-order valence-corrected chi connectivity index (χ2v) is 4.56. The van der Waals surface area contributed by atoms with Crippen LogP contribution >= 0.6 is 0 Å². The molecular weight excluding hydrogens is 182 g/mol. The average Bonchev–Trinajstić information content (AvgIpc) is 2.25. The molecule has 0 radical (unpaired) electrons. The van der Waals surface area contributed by atoms with E-state index < -0.39 is 0 Å². The molecule has 0 saturated carbocycles. The first-order valence-corrected chi connectivity index (χ1v) is 5.93. The molecule has 2 atom stereocenters. The Bertz CT molecular complexity index is 293. The quantitative estimate of drug-likeness (QED) is 0.773. The maximum absolute atomic E-state index is 3.58. The van der Waals surface area contributed by atoms with Gasteiger partial charge in [0.15, 0.2) is 0 Å². The van der Waals surface area contributed by atoms with Crippen molar-refractivity contribution in [2.45, 2.75) is 40.2 Å². The molecule has 1 heteroatoms. The minimum Gasteiger partial charge on any atom is -0.310 e. The first-order valence-electron chi connectivity index (χ1n) is 5.93. The Morgan fingerprint density at radius 2 is 2.00 bits per heavy atom. The van der Waals surface area contributed by atoms with Crippen LogP contribution in [0.2, 0.25) is 0 Å². The predicted molar refractivity (Wildman–Crippen MR) is 67.1 cm³/mol.